The predicted molar refractivity (Wildman–Crippen MR) is 118 cm³/mol. The van der Waals surface area contributed by atoms with Gasteiger partial charge in [0.1, 0.15) is 11.3 Å². The second-order valence-corrected chi connectivity index (χ2v) is 7.28. The van der Waals surface area contributed by atoms with E-state index in [0.29, 0.717) is 11.4 Å². The molecule has 0 unspecified atom stereocenters. The molecule has 3 aromatic rings. The molecule has 0 spiro atoms. The highest BCUT2D eigenvalue weighted by molar-refractivity contribution is 6.04. The summed E-state index contributed by atoms with van der Waals surface area (Å²) >= 11 is 0. The molecule has 2 aromatic carbocycles. The zero-order valence-corrected chi connectivity index (χ0v) is 17.2. The molecule has 2 N–H and O–H groups in total. The number of carbonyl (C=O) groups is 2. The van der Waals surface area contributed by atoms with E-state index in [1.165, 1.54) is 6.08 Å². The topological polar surface area (TPSA) is 71.3 Å². The summed E-state index contributed by atoms with van der Waals surface area (Å²) in [6.45, 7) is 7.60. The van der Waals surface area contributed by atoms with Gasteiger partial charge in [-0.2, -0.15) is 0 Å². The van der Waals surface area contributed by atoms with Crippen LogP contribution in [0.5, 0.6) is 0 Å². The number of carbonyl (C=O) groups excluding carboxylic acids is 2. The van der Waals surface area contributed by atoms with E-state index in [2.05, 4.69) is 10.6 Å². The first-order valence-corrected chi connectivity index (χ1v) is 9.80. The summed E-state index contributed by atoms with van der Waals surface area (Å²) in [6.07, 6.45) is 4.04. The maximum absolute atomic E-state index is 12.5. The van der Waals surface area contributed by atoms with Crippen LogP contribution < -0.4 is 10.6 Å². The first kappa shape index (κ1) is 20.4. The van der Waals surface area contributed by atoms with Crippen molar-refractivity contribution in [3.05, 3.63) is 65.4 Å². The highest BCUT2D eigenvalue weighted by atomic mass is 16.3. The number of anilines is 2. The van der Waals surface area contributed by atoms with Crippen molar-refractivity contribution in [2.75, 3.05) is 10.6 Å². The number of aryl methyl sites for hydroxylation is 2. The number of hydrogen-bond acceptors (Lipinski definition) is 3. The molecular formula is C24H26N2O3. The van der Waals surface area contributed by atoms with Crippen LogP contribution in [0.4, 0.5) is 11.4 Å². The first-order chi connectivity index (χ1) is 13.9. The maximum Gasteiger partial charge on any atom is 0.248 e. The monoisotopic (exact) mass is 390 g/mol. The molecule has 0 fully saturated rings. The van der Waals surface area contributed by atoms with Gasteiger partial charge in [0.25, 0.3) is 0 Å². The van der Waals surface area contributed by atoms with Crippen LogP contribution in [0.3, 0.4) is 0 Å². The van der Waals surface area contributed by atoms with Crippen LogP contribution in [0, 0.1) is 12.8 Å². The molecule has 5 nitrogen and oxygen atoms in total. The average Bonchev–Trinajstić information content (AvgIpc) is 3.06. The Morgan fingerprint density at radius 3 is 2.59 bits per heavy atom. The number of amides is 2. The van der Waals surface area contributed by atoms with Gasteiger partial charge in [-0.25, -0.2) is 0 Å². The van der Waals surface area contributed by atoms with Crippen molar-refractivity contribution in [3.63, 3.8) is 0 Å². The van der Waals surface area contributed by atoms with Gasteiger partial charge < -0.3 is 15.1 Å². The second kappa shape index (κ2) is 8.78. The normalized spacial score (nSPS) is 11.3. The molecule has 1 aromatic heterocycles. The van der Waals surface area contributed by atoms with Gasteiger partial charge in [-0.3, -0.25) is 9.59 Å². The zero-order chi connectivity index (χ0) is 21.0. The standard InChI is InChI=1S/C24H26N2O3/c1-5-21-19(18-8-6-7-9-22(18)29-21)12-13-23(27)26-20-14-17(11-10-16(20)4)25-24(28)15(2)3/h6-15H,5H2,1-4H3,(H,25,28)(H,26,27). The van der Waals surface area contributed by atoms with Gasteiger partial charge in [0.05, 0.1) is 0 Å². The molecule has 3 rings (SSSR count). The Bertz CT molecular complexity index is 1080. The minimum atomic E-state index is -0.243. The summed E-state index contributed by atoms with van der Waals surface area (Å²) in [4.78, 5) is 24.4. The molecule has 0 aliphatic carbocycles. The lowest BCUT2D eigenvalue weighted by Gasteiger charge is -2.12. The molecule has 29 heavy (non-hydrogen) atoms. The van der Waals surface area contributed by atoms with Crippen molar-refractivity contribution in [2.45, 2.75) is 34.1 Å². The summed E-state index contributed by atoms with van der Waals surface area (Å²) in [5, 5.41) is 6.73. The lowest BCUT2D eigenvalue weighted by Crippen LogP contribution is -2.18. The molecule has 0 aliphatic heterocycles. The maximum atomic E-state index is 12.5. The average molecular weight is 390 g/mol. The molecule has 0 bridgehead atoms. The number of furan rings is 1. The van der Waals surface area contributed by atoms with Crippen LogP contribution in [0.15, 0.2) is 53.0 Å². The van der Waals surface area contributed by atoms with Crippen molar-refractivity contribution in [1.29, 1.82) is 0 Å². The Morgan fingerprint density at radius 2 is 1.86 bits per heavy atom. The quantitative estimate of drug-likeness (QED) is 0.542. The van der Waals surface area contributed by atoms with Crippen molar-refractivity contribution in [3.8, 4) is 0 Å². The fourth-order valence-electron chi connectivity index (χ4n) is 3.02. The molecule has 150 valence electrons. The van der Waals surface area contributed by atoms with Crippen LogP contribution in [0.25, 0.3) is 17.0 Å². The summed E-state index contributed by atoms with van der Waals surface area (Å²) in [5.74, 6) is 0.428. The lowest BCUT2D eigenvalue weighted by molar-refractivity contribution is -0.119. The van der Waals surface area contributed by atoms with Crippen LogP contribution in [0.1, 0.15) is 37.7 Å². The number of nitrogens with one attached hydrogen (secondary N) is 2. The molecule has 2 amide bonds. The molecule has 0 saturated carbocycles. The Kier molecular flexibility index (Phi) is 6.17. The zero-order valence-electron chi connectivity index (χ0n) is 17.2. The highest BCUT2D eigenvalue weighted by Gasteiger charge is 2.11. The number of fused-ring (bicyclic) bond motifs is 1. The Labute approximate surface area is 170 Å². The lowest BCUT2D eigenvalue weighted by atomic mass is 10.1. The molecule has 0 aliphatic rings. The fraction of sp³-hybridized carbons (Fsp3) is 0.250. The summed E-state index contributed by atoms with van der Waals surface area (Å²) < 4.78 is 5.87. The van der Waals surface area contributed by atoms with Crippen LogP contribution in [-0.4, -0.2) is 11.8 Å². The molecular weight excluding hydrogens is 364 g/mol. The van der Waals surface area contributed by atoms with E-state index < -0.39 is 0 Å². The van der Waals surface area contributed by atoms with Crippen molar-refractivity contribution < 1.29 is 14.0 Å². The van der Waals surface area contributed by atoms with Crippen molar-refractivity contribution in [2.24, 2.45) is 5.92 Å². The molecule has 0 radical (unpaired) electrons. The van der Waals surface area contributed by atoms with Gasteiger partial charge in [-0.05, 0) is 36.8 Å². The van der Waals surface area contributed by atoms with Crippen molar-refractivity contribution >= 4 is 40.2 Å². The van der Waals surface area contributed by atoms with Gasteiger partial charge in [-0.15, -0.1) is 0 Å². The number of para-hydroxylation sites is 1. The third kappa shape index (κ3) is 4.74. The molecule has 0 atom stereocenters. The molecule has 5 heteroatoms. The van der Waals surface area contributed by atoms with Gasteiger partial charge in [0.15, 0.2) is 0 Å². The minimum absolute atomic E-state index is 0.0649. The summed E-state index contributed by atoms with van der Waals surface area (Å²) in [6, 6.07) is 13.3. The third-order valence-electron chi connectivity index (χ3n) is 4.72. The van der Waals surface area contributed by atoms with E-state index in [0.717, 1.165) is 34.3 Å². The largest absolute Gasteiger partial charge is 0.460 e. The first-order valence-electron chi connectivity index (χ1n) is 9.80. The Hall–Kier alpha value is -3.34. The second-order valence-electron chi connectivity index (χ2n) is 7.28. The third-order valence-corrected chi connectivity index (χ3v) is 4.72. The van der Waals surface area contributed by atoms with E-state index in [4.69, 9.17) is 4.42 Å². The van der Waals surface area contributed by atoms with E-state index in [1.807, 2.05) is 64.1 Å². The smallest absolute Gasteiger partial charge is 0.248 e. The minimum Gasteiger partial charge on any atom is -0.460 e. The van der Waals surface area contributed by atoms with E-state index in [-0.39, 0.29) is 17.7 Å². The summed E-state index contributed by atoms with van der Waals surface area (Å²) in [7, 11) is 0. The number of hydrogen-bond donors (Lipinski definition) is 2. The van der Waals surface area contributed by atoms with Gasteiger partial charge in [0.2, 0.25) is 11.8 Å². The molecule has 0 saturated heterocycles. The van der Waals surface area contributed by atoms with E-state index >= 15 is 0 Å². The fourth-order valence-corrected chi connectivity index (χ4v) is 3.02. The number of benzene rings is 2. The number of rotatable bonds is 6. The Morgan fingerprint density at radius 1 is 1.10 bits per heavy atom. The predicted octanol–water partition coefficient (Wildman–Crippen LogP) is 5.55. The van der Waals surface area contributed by atoms with Gasteiger partial charge in [0, 0.05) is 40.7 Å². The highest BCUT2D eigenvalue weighted by Crippen LogP contribution is 2.27. The SMILES string of the molecule is CCc1oc2ccccc2c1C=CC(=O)Nc1cc(NC(=O)C(C)C)ccc1C. The van der Waals surface area contributed by atoms with Crippen molar-refractivity contribution in [1.82, 2.24) is 0 Å². The van der Waals surface area contributed by atoms with Crippen LogP contribution >= 0.6 is 0 Å². The summed E-state index contributed by atoms with van der Waals surface area (Å²) in [5.41, 5.74) is 3.97. The van der Waals surface area contributed by atoms with E-state index in [9.17, 15) is 9.59 Å². The van der Waals surface area contributed by atoms with Crippen LogP contribution in [-0.2, 0) is 16.0 Å². The van der Waals surface area contributed by atoms with Gasteiger partial charge in [-0.1, -0.05) is 45.0 Å². The Balaban J connectivity index is 1.78. The molecule has 1 heterocycles. The van der Waals surface area contributed by atoms with Gasteiger partial charge >= 0.3 is 0 Å². The van der Waals surface area contributed by atoms with E-state index in [1.54, 1.807) is 12.1 Å². The van der Waals surface area contributed by atoms with Crippen LogP contribution in [0.2, 0.25) is 0 Å².